The molecule has 0 unspecified atom stereocenters. The maximum absolute atomic E-state index is 12.8. The highest BCUT2D eigenvalue weighted by Crippen LogP contribution is 2.44. The summed E-state index contributed by atoms with van der Waals surface area (Å²) in [6.07, 6.45) is -4.58. The highest BCUT2D eigenvalue weighted by atomic mass is 35.5. The van der Waals surface area contributed by atoms with Gasteiger partial charge in [-0.05, 0) is 32.0 Å². The van der Waals surface area contributed by atoms with Crippen LogP contribution in [0.25, 0.3) is 10.9 Å². The molecule has 1 aromatic heterocycles. The van der Waals surface area contributed by atoms with E-state index in [1.165, 1.54) is 0 Å². The van der Waals surface area contributed by atoms with Crippen molar-refractivity contribution in [2.45, 2.75) is 26.1 Å². The minimum absolute atomic E-state index is 0.0444. The fourth-order valence-electron chi connectivity index (χ4n) is 2.78. The molecule has 0 aliphatic heterocycles. The van der Waals surface area contributed by atoms with Crippen LogP contribution in [0.4, 0.5) is 24.5 Å². The zero-order chi connectivity index (χ0) is 19.9. The molecule has 0 aliphatic carbocycles. The normalized spacial score (nSPS) is 12.6. The van der Waals surface area contributed by atoms with Crippen molar-refractivity contribution in [3.8, 4) is 5.88 Å². The third kappa shape index (κ3) is 3.61. The Kier molecular flexibility index (Phi) is 5.10. The highest BCUT2D eigenvalue weighted by molar-refractivity contribution is 6.38. The van der Waals surface area contributed by atoms with Crippen LogP contribution in [0.1, 0.15) is 25.5 Å². The van der Waals surface area contributed by atoms with Crippen molar-refractivity contribution in [2.24, 2.45) is 10.2 Å². The standard InChI is InChI=1S/C18H14Cl2F3N3O/c1-9(2)26-14-6-4-3-5-11(14)15(17(26)27)24-25-16-12(19)7-10(8-13(16)20)18(21,22)23/h3-9,27H,1-2H3. The van der Waals surface area contributed by atoms with Crippen LogP contribution in [0, 0.1) is 0 Å². The Morgan fingerprint density at radius 3 is 2.11 bits per heavy atom. The lowest BCUT2D eigenvalue weighted by atomic mass is 10.2. The first-order valence-corrected chi connectivity index (χ1v) is 8.66. The van der Waals surface area contributed by atoms with E-state index >= 15 is 0 Å². The predicted molar refractivity (Wildman–Crippen MR) is 99.6 cm³/mol. The fraction of sp³-hybridized carbons (Fsp3) is 0.222. The van der Waals surface area contributed by atoms with E-state index in [1.54, 1.807) is 16.7 Å². The summed E-state index contributed by atoms with van der Waals surface area (Å²) < 4.78 is 40.2. The summed E-state index contributed by atoms with van der Waals surface area (Å²) in [4.78, 5) is 0. The summed E-state index contributed by atoms with van der Waals surface area (Å²) in [6, 6.07) is 8.62. The van der Waals surface area contributed by atoms with E-state index < -0.39 is 11.7 Å². The van der Waals surface area contributed by atoms with Gasteiger partial charge >= 0.3 is 6.18 Å². The number of alkyl halides is 3. The number of azo groups is 1. The van der Waals surface area contributed by atoms with Gasteiger partial charge in [0, 0.05) is 11.4 Å². The molecule has 1 heterocycles. The van der Waals surface area contributed by atoms with E-state index in [4.69, 9.17) is 23.2 Å². The maximum Gasteiger partial charge on any atom is 0.416 e. The number of hydrogen-bond acceptors (Lipinski definition) is 3. The van der Waals surface area contributed by atoms with Crippen LogP contribution < -0.4 is 0 Å². The molecule has 0 fully saturated rings. The zero-order valence-corrected chi connectivity index (χ0v) is 15.7. The molecule has 3 aromatic rings. The predicted octanol–water partition coefficient (Wildman–Crippen LogP) is 7.67. The second-order valence-corrected chi connectivity index (χ2v) is 6.95. The summed E-state index contributed by atoms with van der Waals surface area (Å²) in [5, 5.41) is 18.5. The monoisotopic (exact) mass is 415 g/mol. The molecule has 9 heteroatoms. The SMILES string of the molecule is CC(C)n1c(O)c(N=Nc2c(Cl)cc(C(F)(F)F)cc2Cl)c2ccccc21. The molecule has 1 N–H and O–H groups in total. The lowest BCUT2D eigenvalue weighted by Gasteiger charge is -2.10. The Morgan fingerprint density at radius 2 is 1.56 bits per heavy atom. The lowest BCUT2D eigenvalue weighted by molar-refractivity contribution is -0.137. The third-order valence-electron chi connectivity index (χ3n) is 3.97. The summed E-state index contributed by atoms with van der Waals surface area (Å²) in [5.41, 5.74) is -0.141. The number of rotatable bonds is 3. The fourth-order valence-corrected chi connectivity index (χ4v) is 3.34. The van der Waals surface area contributed by atoms with Gasteiger partial charge < -0.3 is 9.67 Å². The lowest BCUT2D eigenvalue weighted by Crippen LogP contribution is -2.04. The zero-order valence-electron chi connectivity index (χ0n) is 14.2. The van der Waals surface area contributed by atoms with E-state index in [9.17, 15) is 18.3 Å². The summed E-state index contributed by atoms with van der Waals surface area (Å²) in [6.45, 7) is 3.80. The molecule has 142 valence electrons. The third-order valence-corrected chi connectivity index (χ3v) is 4.55. The molecule has 0 radical (unpaired) electrons. The molecule has 27 heavy (non-hydrogen) atoms. The average Bonchev–Trinajstić information content (AvgIpc) is 2.85. The molecular weight excluding hydrogens is 402 g/mol. The van der Waals surface area contributed by atoms with Gasteiger partial charge in [0.1, 0.15) is 5.69 Å². The van der Waals surface area contributed by atoms with Crippen LogP contribution in [0.15, 0.2) is 46.6 Å². The van der Waals surface area contributed by atoms with E-state index in [1.807, 2.05) is 26.0 Å². The van der Waals surface area contributed by atoms with Gasteiger partial charge in [-0.1, -0.05) is 41.4 Å². The van der Waals surface area contributed by atoms with Crippen molar-refractivity contribution in [2.75, 3.05) is 0 Å². The molecule has 0 bridgehead atoms. The second kappa shape index (κ2) is 7.05. The van der Waals surface area contributed by atoms with Crippen LogP contribution in [-0.2, 0) is 6.18 Å². The molecule has 0 atom stereocenters. The van der Waals surface area contributed by atoms with E-state index in [0.29, 0.717) is 5.39 Å². The largest absolute Gasteiger partial charge is 0.493 e. The number of nitrogens with zero attached hydrogens (tertiary/aromatic N) is 3. The Labute approximate surface area is 162 Å². The quantitative estimate of drug-likeness (QED) is 0.438. The number of aromatic nitrogens is 1. The number of hydrogen-bond donors (Lipinski definition) is 1. The van der Waals surface area contributed by atoms with Crippen LogP contribution in [0.5, 0.6) is 5.88 Å². The van der Waals surface area contributed by atoms with Crippen molar-refractivity contribution in [1.29, 1.82) is 0 Å². The van der Waals surface area contributed by atoms with Gasteiger partial charge in [0.25, 0.3) is 0 Å². The number of halogens is 5. The highest BCUT2D eigenvalue weighted by Gasteiger charge is 2.32. The Bertz CT molecular complexity index is 1020. The Morgan fingerprint density at radius 1 is 1.00 bits per heavy atom. The van der Waals surface area contributed by atoms with Gasteiger partial charge in [-0.2, -0.15) is 13.2 Å². The van der Waals surface area contributed by atoms with Gasteiger partial charge in [0.2, 0.25) is 5.88 Å². The molecule has 0 amide bonds. The molecule has 0 aliphatic rings. The van der Waals surface area contributed by atoms with Gasteiger partial charge in [0.15, 0.2) is 5.69 Å². The summed E-state index contributed by atoms with van der Waals surface area (Å²) in [5.74, 6) is -0.103. The van der Waals surface area contributed by atoms with Gasteiger partial charge in [0.05, 0.1) is 21.1 Å². The first kappa shape index (κ1) is 19.5. The van der Waals surface area contributed by atoms with Crippen molar-refractivity contribution in [3.05, 3.63) is 52.0 Å². The molecule has 2 aromatic carbocycles. The van der Waals surface area contributed by atoms with Crippen LogP contribution >= 0.6 is 23.2 Å². The molecule has 3 rings (SSSR count). The van der Waals surface area contributed by atoms with E-state index in [-0.39, 0.29) is 33.3 Å². The van der Waals surface area contributed by atoms with Crippen LogP contribution in [0.2, 0.25) is 10.0 Å². The van der Waals surface area contributed by atoms with Crippen LogP contribution in [-0.4, -0.2) is 9.67 Å². The Balaban J connectivity index is 2.12. The molecule has 0 saturated carbocycles. The number of aromatic hydroxyl groups is 1. The number of fused-ring (bicyclic) bond motifs is 1. The smallest absolute Gasteiger partial charge is 0.416 e. The van der Waals surface area contributed by atoms with Gasteiger partial charge in [-0.15, -0.1) is 10.2 Å². The van der Waals surface area contributed by atoms with Crippen molar-refractivity contribution in [3.63, 3.8) is 0 Å². The van der Waals surface area contributed by atoms with E-state index in [0.717, 1.165) is 17.6 Å². The van der Waals surface area contributed by atoms with Crippen molar-refractivity contribution in [1.82, 2.24) is 4.57 Å². The summed E-state index contributed by atoms with van der Waals surface area (Å²) in [7, 11) is 0. The van der Waals surface area contributed by atoms with E-state index in [2.05, 4.69) is 10.2 Å². The molecular formula is C18H14Cl2F3N3O. The van der Waals surface area contributed by atoms with Crippen LogP contribution in [0.3, 0.4) is 0 Å². The maximum atomic E-state index is 12.8. The Hall–Kier alpha value is -2.25. The topological polar surface area (TPSA) is 49.9 Å². The average molecular weight is 416 g/mol. The van der Waals surface area contributed by atoms with Gasteiger partial charge in [-0.25, -0.2) is 0 Å². The molecule has 4 nitrogen and oxygen atoms in total. The first-order chi connectivity index (χ1) is 12.6. The molecule has 0 spiro atoms. The second-order valence-electron chi connectivity index (χ2n) is 6.14. The number of benzene rings is 2. The number of para-hydroxylation sites is 1. The minimum Gasteiger partial charge on any atom is -0.493 e. The first-order valence-electron chi connectivity index (χ1n) is 7.91. The summed E-state index contributed by atoms with van der Waals surface area (Å²) >= 11 is 11.8. The molecule has 0 saturated heterocycles. The minimum atomic E-state index is -4.58. The van der Waals surface area contributed by atoms with Crippen molar-refractivity contribution < 1.29 is 18.3 Å². The van der Waals surface area contributed by atoms with Crippen molar-refractivity contribution >= 4 is 45.5 Å². The van der Waals surface area contributed by atoms with Gasteiger partial charge in [-0.3, -0.25) is 0 Å².